The molecule has 0 fully saturated rings. The van der Waals surface area contributed by atoms with Crippen molar-refractivity contribution in [2.24, 2.45) is 5.73 Å². The summed E-state index contributed by atoms with van der Waals surface area (Å²) in [4.78, 5) is 0. The quantitative estimate of drug-likeness (QED) is 0.0313. The van der Waals surface area contributed by atoms with Crippen LogP contribution in [0, 0.1) is 13.8 Å². The van der Waals surface area contributed by atoms with Crippen LogP contribution in [0.2, 0.25) is 0 Å². The van der Waals surface area contributed by atoms with E-state index >= 15 is 0 Å². The first-order chi connectivity index (χ1) is 26.6. The van der Waals surface area contributed by atoms with Crippen LogP contribution in [-0.4, -0.2) is 37.6 Å². The minimum Gasteiger partial charge on any atom is -0.748 e. The van der Waals surface area contributed by atoms with Gasteiger partial charge in [0.05, 0.1) is 16.7 Å². The molecular formula is C45H49NNa2O7S2. The zero-order valence-corrected chi connectivity index (χ0v) is 39.2. The van der Waals surface area contributed by atoms with E-state index in [2.05, 4.69) is 126 Å². The van der Waals surface area contributed by atoms with Gasteiger partial charge in [0.1, 0.15) is 5.75 Å². The molecule has 1 aliphatic carbocycles. The van der Waals surface area contributed by atoms with Crippen molar-refractivity contribution in [1.29, 1.82) is 0 Å². The molecule has 290 valence electrons. The Bertz CT molecular complexity index is 2170. The minimum atomic E-state index is -4.31. The number of hydrogen-bond donors (Lipinski definition) is 1. The van der Waals surface area contributed by atoms with E-state index in [0.717, 1.165) is 88.8 Å². The number of rotatable bonds is 20. The second-order valence-electron chi connectivity index (χ2n) is 14.6. The van der Waals surface area contributed by atoms with E-state index in [1.165, 1.54) is 27.8 Å². The van der Waals surface area contributed by atoms with Crippen LogP contribution in [0.25, 0.3) is 44.5 Å². The van der Waals surface area contributed by atoms with Gasteiger partial charge < -0.3 is 20.3 Å². The molecule has 0 bridgehead atoms. The SMILES string of the molecule is Cc1ccc(-c2cc(OCCCCN)cc(-c3ccc(-c4ccc5c(c4)C(CCCCSOO[O-])(CCCCS(=O)(=O)[O-])c4cc(C)ccc4-5)cc3)c2)cc1.[Na+].[Na+]. The average Bonchev–Trinajstić information content (AvgIpc) is 3.44. The van der Waals surface area contributed by atoms with Crippen LogP contribution in [0.4, 0.5) is 0 Å². The molecule has 1 unspecified atom stereocenters. The molecule has 0 saturated heterocycles. The molecule has 57 heavy (non-hydrogen) atoms. The van der Waals surface area contributed by atoms with Crippen molar-refractivity contribution >= 4 is 22.2 Å². The molecule has 0 heterocycles. The predicted octanol–water partition coefficient (Wildman–Crippen LogP) is 3.45. The van der Waals surface area contributed by atoms with E-state index in [1.807, 2.05) is 0 Å². The summed E-state index contributed by atoms with van der Waals surface area (Å²) in [5, 5.41) is 13.8. The Hall–Kier alpha value is -2.00. The van der Waals surface area contributed by atoms with Gasteiger partial charge in [0.15, 0.2) is 0 Å². The van der Waals surface area contributed by atoms with Gasteiger partial charge in [-0.25, -0.2) is 8.42 Å². The van der Waals surface area contributed by atoms with Crippen molar-refractivity contribution in [3.8, 4) is 50.3 Å². The molecule has 1 aliphatic rings. The number of fused-ring (bicyclic) bond motifs is 3. The fraction of sp³-hybridized carbons (Fsp3) is 0.333. The molecule has 0 aromatic heterocycles. The Morgan fingerprint density at radius 1 is 0.632 bits per heavy atom. The van der Waals surface area contributed by atoms with Crippen LogP contribution in [0.15, 0.2) is 103 Å². The second-order valence-corrected chi connectivity index (χ2v) is 16.9. The van der Waals surface area contributed by atoms with E-state index in [0.29, 0.717) is 38.2 Å². The van der Waals surface area contributed by atoms with Crippen molar-refractivity contribution in [2.45, 2.75) is 70.6 Å². The van der Waals surface area contributed by atoms with Gasteiger partial charge in [-0.1, -0.05) is 103 Å². The second kappa shape index (κ2) is 22.6. The maximum Gasteiger partial charge on any atom is 1.00 e. The van der Waals surface area contributed by atoms with Crippen molar-refractivity contribution < 1.29 is 91.5 Å². The van der Waals surface area contributed by atoms with E-state index in [-0.39, 0.29) is 70.3 Å². The van der Waals surface area contributed by atoms with E-state index < -0.39 is 10.1 Å². The minimum absolute atomic E-state index is 0. The molecule has 5 aromatic rings. The molecule has 1 atom stereocenters. The number of benzene rings is 5. The van der Waals surface area contributed by atoms with Gasteiger partial charge in [0.2, 0.25) is 0 Å². The summed E-state index contributed by atoms with van der Waals surface area (Å²) in [5.41, 5.74) is 19.1. The Morgan fingerprint density at radius 3 is 1.79 bits per heavy atom. The maximum atomic E-state index is 11.5. The van der Waals surface area contributed by atoms with Gasteiger partial charge >= 0.3 is 59.1 Å². The molecule has 0 spiro atoms. The van der Waals surface area contributed by atoms with E-state index in [1.54, 1.807) is 0 Å². The topological polar surface area (TPSA) is 134 Å². The van der Waals surface area contributed by atoms with Gasteiger partial charge in [0.25, 0.3) is 0 Å². The molecule has 0 amide bonds. The number of unbranched alkanes of at least 4 members (excludes halogenated alkanes) is 3. The zero-order valence-electron chi connectivity index (χ0n) is 33.6. The van der Waals surface area contributed by atoms with Gasteiger partial charge in [-0.05, 0) is 139 Å². The average molecular weight is 826 g/mol. The molecule has 0 saturated carbocycles. The summed E-state index contributed by atoms with van der Waals surface area (Å²) in [7, 11) is -4.31. The van der Waals surface area contributed by atoms with Crippen LogP contribution in [0.1, 0.15) is 73.6 Å². The predicted molar refractivity (Wildman–Crippen MR) is 219 cm³/mol. The van der Waals surface area contributed by atoms with Gasteiger partial charge in [-0.3, -0.25) is 5.04 Å². The molecule has 6 rings (SSSR count). The van der Waals surface area contributed by atoms with Gasteiger partial charge in [-0.15, -0.1) is 0 Å². The van der Waals surface area contributed by atoms with Crippen LogP contribution < -0.4 is 74.8 Å². The fourth-order valence-electron chi connectivity index (χ4n) is 7.85. The number of ether oxygens (including phenoxy) is 1. The molecular weight excluding hydrogens is 777 g/mol. The molecule has 2 N–H and O–H groups in total. The normalized spacial score (nSPS) is 14.3. The third-order valence-corrected chi connectivity index (χ3v) is 12.0. The third-order valence-electron chi connectivity index (χ3n) is 10.6. The van der Waals surface area contributed by atoms with Crippen molar-refractivity contribution in [3.63, 3.8) is 0 Å². The van der Waals surface area contributed by atoms with Crippen LogP contribution in [-0.2, 0) is 24.9 Å². The van der Waals surface area contributed by atoms with Gasteiger partial charge in [0, 0.05) is 29.0 Å². The number of hydrogen-bond acceptors (Lipinski definition) is 9. The first-order valence-corrected chi connectivity index (χ1v) is 21.5. The molecule has 5 aromatic carbocycles. The van der Waals surface area contributed by atoms with E-state index in [4.69, 9.17) is 10.5 Å². The maximum absolute atomic E-state index is 11.5. The summed E-state index contributed by atoms with van der Waals surface area (Å²) in [6.07, 6.45) is 5.88. The monoisotopic (exact) mass is 825 g/mol. The standard InChI is InChI=1S/C45H51NO7S2.2Na/c1-32-9-12-35(13-10-32)38-28-39(30-40(29-38)51-24-6-5-23-46)36-16-14-34(15-17-36)37-18-20-42-41-19-11-33(2)27-43(41)45(44(42)31-37,21-3-7-25-54-53-52-47)22-4-8-26-55(48,49)50;;/h9-20,27-31,47H,3-8,21-26,46H2,1-2H3,(H,48,49,50);;/q;2*+1/p-2. The zero-order chi connectivity index (χ0) is 38.8. The third kappa shape index (κ3) is 12.5. The Labute approximate surface area is 386 Å². The summed E-state index contributed by atoms with van der Waals surface area (Å²) in [6.45, 7) is 5.44. The van der Waals surface area contributed by atoms with Crippen molar-refractivity contribution in [1.82, 2.24) is 0 Å². The summed E-state index contributed by atoms with van der Waals surface area (Å²) < 4.78 is 45.3. The van der Waals surface area contributed by atoms with Crippen molar-refractivity contribution in [2.75, 3.05) is 24.7 Å². The van der Waals surface area contributed by atoms with Gasteiger partial charge in [-0.2, -0.15) is 4.33 Å². The largest absolute Gasteiger partial charge is 1.00 e. The summed E-state index contributed by atoms with van der Waals surface area (Å²) in [5.74, 6) is 1.06. The summed E-state index contributed by atoms with van der Waals surface area (Å²) in [6, 6.07) is 36.9. The Balaban J connectivity index is 0.00000360. The van der Waals surface area contributed by atoms with Crippen LogP contribution in [0.3, 0.4) is 0 Å². The molecule has 0 aliphatic heterocycles. The Kier molecular flexibility index (Phi) is 18.9. The van der Waals surface area contributed by atoms with E-state index in [9.17, 15) is 18.2 Å². The fourth-order valence-corrected chi connectivity index (χ4v) is 8.84. The van der Waals surface area contributed by atoms with Crippen LogP contribution in [0.5, 0.6) is 5.75 Å². The first-order valence-electron chi connectivity index (χ1n) is 19.0. The molecule has 8 nitrogen and oxygen atoms in total. The Morgan fingerprint density at radius 2 is 1.18 bits per heavy atom. The number of aryl methyl sites for hydroxylation is 2. The smallest absolute Gasteiger partial charge is 0.748 e. The first kappa shape index (κ1) is 47.7. The number of nitrogens with two attached hydrogens (primary N) is 1. The summed E-state index contributed by atoms with van der Waals surface area (Å²) >= 11 is 0.990. The molecule has 0 radical (unpaired) electrons. The van der Waals surface area contributed by atoms with Crippen LogP contribution >= 0.6 is 12.0 Å². The van der Waals surface area contributed by atoms with Crippen molar-refractivity contribution in [3.05, 3.63) is 125 Å². The molecule has 12 heteroatoms.